The Morgan fingerprint density at radius 1 is 1.24 bits per heavy atom. The van der Waals surface area contributed by atoms with Gasteiger partial charge < -0.3 is 10.1 Å². The maximum Gasteiger partial charge on any atom is 0.165 e. The van der Waals surface area contributed by atoms with Crippen LogP contribution in [-0.2, 0) is 6.42 Å². The van der Waals surface area contributed by atoms with E-state index in [9.17, 15) is 4.39 Å². The molecular weight excluding hydrogens is 217 g/mol. The fourth-order valence-electron chi connectivity index (χ4n) is 1.75. The topological polar surface area (TPSA) is 21.3 Å². The lowest BCUT2D eigenvalue weighted by Gasteiger charge is -2.06. The number of methoxy groups -OCH3 is 1. The molecule has 1 N–H and O–H groups in total. The van der Waals surface area contributed by atoms with Crippen LogP contribution in [0, 0.1) is 5.82 Å². The molecule has 0 fully saturated rings. The summed E-state index contributed by atoms with van der Waals surface area (Å²) in [6.07, 6.45) is 4.31. The van der Waals surface area contributed by atoms with Crippen molar-refractivity contribution in [3.8, 4) is 5.75 Å². The third kappa shape index (κ3) is 5.18. The zero-order chi connectivity index (χ0) is 12.5. The fourth-order valence-corrected chi connectivity index (χ4v) is 1.75. The summed E-state index contributed by atoms with van der Waals surface area (Å²) in [5, 5.41) is 3.36. The van der Waals surface area contributed by atoms with E-state index in [0.717, 1.165) is 37.9 Å². The van der Waals surface area contributed by atoms with E-state index >= 15 is 0 Å². The van der Waals surface area contributed by atoms with Crippen LogP contribution < -0.4 is 10.1 Å². The summed E-state index contributed by atoms with van der Waals surface area (Å²) in [4.78, 5) is 0. The van der Waals surface area contributed by atoms with E-state index in [-0.39, 0.29) is 5.82 Å². The van der Waals surface area contributed by atoms with Crippen molar-refractivity contribution in [3.05, 3.63) is 29.6 Å². The minimum Gasteiger partial charge on any atom is -0.494 e. The van der Waals surface area contributed by atoms with E-state index in [1.165, 1.54) is 13.5 Å². The van der Waals surface area contributed by atoms with E-state index in [0.29, 0.717) is 5.75 Å². The van der Waals surface area contributed by atoms with Crippen LogP contribution in [0.3, 0.4) is 0 Å². The van der Waals surface area contributed by atoms with E-state index in [1.54, 1.807) is 12.1 Å². The summed E-state index contributed by atoms with van der Waals surface area (Å²) in [6.45, 7) is 4.29. The molecule has 0 saturated carbocycles. The Labute approximate surface area is 103 Å². The van der Waals surface area contributed by atoms with Gasteiger partial charge in [-0.05, 0) is 56.5 Å². The first kappa shape index (κ1) is 14.0. The van der Waals surface area contributed by atoms with E-state index in [4.69, 9.17) is 4.74 Å². The van der Waals surface area contributed by atoms with E-state index in [1.807, 2.05) is 6.07 Å². The standard InChI is InChI=1S/C14H22FNO/c1-3-9-16-10-5-4-6-12-7-8-14(17-2)13(15)11-12/h7-8,11,16H,3-6,9-10H2,1-2H3. The van der Waals surface area contributed by atoms with Crippen LogP contribution in [0.15, 0.2) is 18.2 Å². The van der Waals surface area contributed by atoms with Crippen LogP contribution >= 0.6 is 0 Å². The Hall–Kier alpha value is -1.09. The highest BCUT2D eigenvalue weighted by Gasteiger charge is 2.02. The van der Waals surface area contributed by atoms with Gasteiger partial charge in [0, 0.05) is 0 Å². The molecule has 0 heterocycles. The summed E-state index contributed by atoms with van der Waals surface area (Å²) in [5.41, 5.74) is 1.04. The van der Waals surface area contributed by atoms with Gasteiger partial charge in [-0.25, -0.2) is 4.39 Å². The fraction of sp³-hybridized carbons (Fsp3) is 0.571. The Morgan fingerprint density at radius 2 is 2.06 bits per heavy atom. The molecule has 0 aliphatic heterocycles. The Bertz CT molecular complexity index is 328. The van der Waals surface area contributed by atoms with Crippen LogP contribution in [0.25, 0.3) is 0 Å². The van der Waals surface area contributed by atoms with Gasteiger partial charge in [0.25, 0.3) is 0 Å². The number of hydrogen-bond donors (Lipinski definition) is 1. The molecule has 3 heteroatoms. The van der Waals surface area contributed by atoms with E-state index < -0.39 is 0 Å². The van der Waals surface area contributed by atoms with Crippen molar-refractivity contribution in [2.75, 3.05) is 20.2 Å². The number of unbranched alkanes of at least 4 members (excludes halogenated alkanes) is 1. The average molecular weight is 239 g/mol. The Morgan fingerprint density at radius 3 is 2.71 bits per heavy atom. The average Bonchev–Trinajstić information content (AvgIpc) is 2.34. The molecule has 0 saturated heterocycles. The van der Waals surface area contributed by atoms with Gasteiger partial charge in [0.05, 0.1) is 7.11 Å². The van der Waals surface area contributed by atoms with Gasteiger partial charge in [-0.3, -0.25) is 0 Å². The van der Waals surface area contributed by atoms with E-state index in [2.05, 4.69) is 12.2 Å². The SMILES string of the molecule is CCCNCCCCc1ccc(OC)c(F)c1. The number of benzene rings is 1. The second-order valence-electron chi connectivity index (χ2n) is 4.18. The molecule has 1 rings (SSSR count). The van der Waals surface area contributed by atoms with Crippen molar-refractivity contribution >= 4 is 0 Å². The lowest BCUT2D eigenvalue weighted by molar-refractivity contribution is 0.386. The van der Waals surface area contributed by atoms with Gasteiger partial charge in [0.2, 0.25) is 0 Å². The van der Waals surface area contributed by atoms with Crippen LogP contribution in [0.5, 0.6) is 5.75 Å². The van der Waals surface area contributed by atoms with Gasteiger partial charge in [-0.15, -0.1) is 0 Å². The van der Waals surface area contributed by atoms with Crippen LogP contribution in [-0.4, -0.2) is 20.2 Å². The molecule has 0 bridgehead atoms. The van der Waals surface area contributed by atoms with Crippen molar-refractivity contribution in [2.45, 2.75) is 32.6 Å². The number of aryl methyl sites for hydroxylation is 1. The van der Waals surface area contributed by atoms with Crippen LogP contribution in [0.1, 0.15) is 31.7 Å². The highest BCUT2D eigenvalue weighted by atomic mass is 19.1. The minimum atomic E-state index is -0.269. The van der Waals surface area contributed by atoms with Crippen LogP contribution in [0.4, 0.5) is 4.39 Å². The monoisotopic (exact) mass is 239 g/mol. The predicted molar refractivity (Wildman–Crippen MR) is 69.1 cm³/mol. The lowest BCUT2D eigenvalue weighted by Crippen LogP contribution is -2.15. The molecule has 96 valence electrons. The number of hydrogen-bond acceptors (Lipinski definition) is 2. The molecule has 0 unspecified atom stereocenters. The Balaban J connectivity index is 2.25. The molecule has 0 radical (unpaired) electrons. The Kier molecular flexibility index (Phi) is 6.63. The van der Waals surface area contributed by atoms with Gasteiger partial charge in [-0.2, -0.15) is 0 Å². The van der Waals surface area contributed by atoms with Gasteiger partial charge >= 0.3 is 0 Å². The quantitative estimate of drug-likeness (QED) is 0.704. The first-order valence-corrected chi connectivity index (χ1v) is 6.31. The molecule has 0 spiro atoms. The van der Waals surface area contributed by atoms with Crippen molar-refractivity contribution in [2.24, 2.45) is 0 Å². The molecule has 1 aromatic rings. The molecular formula is C14H22FNO. The molecule has 0 aliphatic rings. The largest absolute Gasteiger partial charge is 0.494 e. The lowest BCUT2D eigenvalue weighted by atomic mass is 10.1. The summed E-state index contributed by atoms with van der Waals surface area (Å²) in [7, 11) is 1.48. The summed E-state index contributed by atoms with van der Waals surface area (Å²) in [6, 6.07) is 5.19. The second-order valence-corrected chi connectivity index (χ2v) is 4.18. The molecule has 1 aromatic carbocycles. The maximum atomic E-state index is 13.4. The maximum absolute atomic E-state index is 13.4. The molecule has 0 aliphatic carbocycles. The molecule has 17 heavy (non-hydrogen) atoms. The normalized spacial score (nSPS) is 10.5. The second kappa shape index (κ2) is 8.07. The number of rotatable bonds is 8. The van der Waals surface area contributed by atoms with Crippen LogP contribution in [0.2, 0.25) is 0 Å². The number of nitrogens with one attached hydrogen (secondary N) is 1. The highest BCUT2D eigenvalue weighted by molar-refractivity contribution is 5.29. The summed E-state index contributed by atoms with van der Waals surface area (Å²) < 4.78 is 18.3. The number of ether oxygens (including phenoxy) is 1. The van der Waals surface area contributed by atoms with Gasteiger partial charge in [-0.1, -0.05) is 13.0 Å². The third-order valence-electron chi connectivity index (χ3n) is 2.71. The zero-order valence-electron chi connectivity index (χ0n) is 10.8. The molecule has 2 nitrogen and oxygen atoms in total. The zero-order valence-corrected chi connectivity index (χ0v) is 10.8. The molecule has 0 amide bonds. The predicted octanol–water partition coefficient (Wildman–Crippen LogP) is 3.16. The third-order valence-corrected chi connectivity index (χ3v) is 2.71. The molecule has 0 atom stereocenters. The minimum absolute atomic E-state index is 0.269. The van der Waals surface area contributed by atoms with Crippen molar-refractivity contribution < 1.29 is 9.13 Å². The van der Waals surface area contributed by atoms with Crippen molar-refractivity contribution in [1.29, 1.82) is 0 Å². The van der Waals surface area contributed by atoms with Gasteiger partial charge in [0.15, 0.2) is 11.6 Å². The summed E-state index contributed by atoms with van der Waals surface area (Å²) >= 11 is 0. The highest BCUT2D eigenvalue weighted by Crippen LogP contribution is 2.18. The summed E-state index contributed by atoms with van der Waals surface area (Å²) in [5.74, 6) is 0.0486. The number of halogens is 1. The first-order valence-electron chi connectivity index (χ1n) is 6.31. The van der Waals surface area contributed by atoms with Crippen molar-refractivity contribution in [3.63, 3.8) is 0 Å². The first-order chi connectivity index (χ1) is 8.27. The van der Waals surface area contributed by atoms with Crippen molar-refractivity contribution in [1.82, 2.24) is 5.32 Å². The smallest absolute Gasteiger partial charge is 0.165 e. The molecule has 0 aromatic heterocycles. The van der Waals surface area contributed by atoms with Gasteiger partial charge in [0.1, 0.15) is 0 Å².